The molecule has 1 saturated carbocycles. The lowest BCUT2D eigenvalue weighted by molar-refractivity contribution is -0.137. The summed E-state index contributed by atoms with van der Waals surface area (Å²) in [6.45, 7) is 4.83. The van der Waals surface area contributed by atoms with E-state index in [4.69, 9.17) is 9.47 Å². The van der Waals surface area contributed by atoms with Crippen LogP contribution in [0.5, 0.6) is 11.5 Å². The van der Waals surface area contributed by atoms with E-state index in [1.165, 1.54) is 31.2 Å². The molecule has 0 spiro atoms. The van der Waals surface area contributed by atoms with Gasteiger partial charge in [0.25, 0.3) is 0 Å². The topological polar surface area (TPSA) is 35.5 Å². The number of unbranched alkanes of at least 4 members (excludes halogenated alkanes) is 1. The van der Waals surface area contributed by atoms with Gasteiger partial charge in [-0.05, 0) is 60.3 Å². The summed E-state index contributed by atoms with van der Waals surface area (Å²) in [5.74, 6) is 0.260. The van der Waals surface area contributed by atoms with Gasteiger partial charge < -0.3 is 9.47 Å². The molecule has 0 bridgehead atoms. The molecular weight excluding hydrogens is 379 g/mol. The summed E-state index contributed by atoms with van der Waals surface area (Å²) < 4.78 is 25.7. The highest BCUT2D eigenvalue weighted by Gasteiger charge is 2.33. The van der Waals surface area contributed by atoms with Crippen molar-refractivity contribution in [2.24, 2.45) is 5.92 Å². The number of hydrogen-bond acceptors (Lipinski definition) is 3. The number of carbonyl (C=O) groups excluding carboxylic acids is 1. The fourth-order valence-electron chi connectivity index (χ4n) is 4.61. The lowest BCUT2D eigenvalue weighted by Crippen LogP contribution is -2.26. The van der Waals surface area contributed by atoms with Gasteiger partial charge in [0.1, 0.15) is 0 Å². The first-order valence-corrected chi connectivity index (χ1v) is 11.3. The molecule has 1 aliphatic carbocycles. The van der Waals surface area contributed by atoms with E-state index in [2.05, 4.69) is 26.0 Å². The molecule has 1 fully saturated rings. The Morgan fingerprint density at radius 2 is 1.73 bits per heavy atom. The first kappa shape index (κ1) is 20.9. The van der Waals surface area contributed by atoms with Crippen LogP contribution in [0.3, 0.4) is 0 Å². The van der Waals surface area contributed by atoms with Crippen LogP contribution in [-0.2, 0) is 11.2 Å². The van der Waals surface area contributed by atoms with Crippen LogP contribution in [0.2, 0.25) is 0 Å². The predicted octanol–water partition coefficient (Wildman–Crippen LogP) is 6.54. The highest BCUT2D eigenvalue weighted by atomic mass is 19.1. The zero-order valence-electron chi connectivity index (χ0n) is 18.0. The summed E-state index contributed by atoms with van der Waals surface area (Å²) in [5, 5.41) is 0. The number of benzene rings is 2. The summed E-state index contributed by atoms with van der Waals surface area (Å²) in [4.78, 5) is 12.7. The van der Waals surface area contributed by atoms with Crippen LogP contribution in [0.4, 0.5) is 4.39 Å². The molecule has 0 N–H and O–H groups in total. The third-order valence-corrected chi connectivity index (χ3v) is 6.64. The Labute approximate surface area is 178 Å². The molecule has 2 aromatic rings. The second-order valence-corrected chi connectivity index (χ2v) is 8.87. The van der Waals surface area contributed by atoms with Gasteiger partial charge in [0.05, 0.1) is 12.5 Å². The van der Waals surface area contributed by atoms with Gasteiger partial charge in [-0.3, -0.25) is 4.79 Å². The van der Waals surface area contributed by atoms with Gasteiger partial charge in [0.15, 0.2) is 11.5 Å². The van der Waals surface area contributed by atoms with Crippen LogP contribution in [0.25, 0.3) is 0 Å². The van der Waals surface area contributed by atoms with Crippen molar-refractivity contribution < 1.29 is 18.7 Å². The van der Waals surface area contributed by atoms with Crippen LogP contribution < -0.4 is 9.47 Å². The monoisotopic (exact) mass is 410 g/mol. The fourth-order valence-corrected chi connectivity index (χ4v) is 4.61. The standard InChI is InChI=1S/C26H31FO3/c1-3-4-15-29-23-14-13-21-16-22(26(28)30-25(21)24(23)27)20-11-9-19(10-12-20)18-7-5-17(2)6-8-18/h9-14,17-18,22H,3-8,15-16H2,1-2H3. The normalized spacial score (nSPS) is 23.6. The number of halogens is 1. The maximum absolute atomic E-state index is 14.8. The Bertz CT molecular complexity index is 882. The van der Waals surface area contributed by atoms with Gasteiger partial charge in [-0.2, -0.15) is 4.39 Å². The molecular formula is C26H31FO3. The second-order valence-electron chi connectivity index (χ2n) is 8.87. The van der Waals surface area contributed by atoms with Crippen molar-refractivity contribution in [3.63, 3.8) is 0 Å². The van der Waals surface area contributed by atoms with Gasteiger partial charge in [0, 0.05) is 0 Å². The zero-order valence-corrected chi connectivity index (χ0v) is 18.0. The molecule has 0 radical (unpaired) electrons. The lowest BCUT2D eigenvalue weighted by atomic mass is 9.79. The lowest BCUT2D eigenvalue weighted by Gasteiger charge is -2.27. The molecule has 3 nitrogen and oxygen atoms in total. The van der Waals surface area contributed by atoms with E-state index in [0.29, 0.717) is 24.5 Å². The van der Waals surface area contributed by atoms with Crippen molar-refractivity contribution in [1.29, 1.82) is 0 Å². The van der Waals surface area contributed by atoms with Crippen LogP contribution in [0.15, 0.2) is 36.4 Å². The molecule has 1 unspecified atom stereocenters. The smallest absolute Gasteiger partial charge is 0.319 e. The maximum atomic E-state index is 14.8. The fraction of sp³-hybridized carbons (Fsp3) is 0.500. The van der Waals surface area contributed by atoms with E-state index < -0.39 is 17.7 Å². The number of fused-ring (bicyclic) bond motifs is 1. The molecule has 0 aromatic heterocycles. The van der Waals surface area contributed by atoms with Gasteiger partial charge >= 0.3 is 5.97 Å². The number of carbonyl (C=O) groups is 1. The number of ether oxygens (including phenoxy) is 2. The Kier molecular flexibility index (Phi) is 6.40. The van der Waals surface area contributed by atoms with Gasteiger partial charge in [-0.1, -0.05) is 63.4 Å². The summed E-state index contributed by atoms with van der Waals surface area (Å²) in [5.41, 5.74) is 3.00. The molecule has 2 aromatic carbocycles. The molecule has 30 heavy (non-hydrogen) atoms. The Balaban J connectivity index is 1.48. The molecule has 1 heterocycles. The second kappa shape index (κ2) is 9.20. The quantitative estimate of drug-likeness (QED) is 0.308. The predicted molar refractivity (Wildman–Crippen MR) is 116 cm³/mol. The molecule has 1 atom stereocenters. The van der Waals surface area contributed by atoms with E-state index >= 15 is 0 Å². The number of rotatable bonds is 6. The number of esters is 1. The van der Waals surface area contributed by atoms with Crippen LogP contribution >= 0.6 is 0 Å². The van der Waals surface area contributed by atoms with Crippen LogP contribution in [0.1, 0.15) is 80.9 Å². The highest BCUT2D eigenvalue weighted by Crippen LogP contribution is 2.40. The first-order chi connectivity index (χ1) is 14.6. The van der Waals surface area contributed by atoms with Crippen molar-refractivity contribution >= 4 is 5.97 Å². The van der Waals surface area contributed by atoms with Crippen molar-refractivity contribution in [3.8, 4) is 11.5 Å². The molecule has 160 valence electrons. The van der Waals surface area contributed by atoms with E-state index in [0.717, 1.165) is 24.3 Å². The van der Waals surface area contributed by atoms with Crippen molar-refractivity contribution in [1.82, 2.24) is 0 Å². The van der Waals surface area contributed by atoms with E-state index in [1.807, 2.05) is 18.2 Å². The van der Waals surface area contributed by atoms with Crippen LogP contribution in [0, 0.1) is 11.7 Å². The molecule has 0 amide bonds. The Hall–Kier alpha value is -2.36. The summed E-state index contributed by atoms with van der Waals surface area (Å²) in [7, 11) is 0. The maximum Gasteiger partial charge on any atom is 0.319 e. The third kappa shape index (κ3) is 4.38. The Morgan fingerprint density at radius 3 is 2.43 bits per heavy atom. The zero-order chi connectivity index (χ0) is 21.1. The van der Waals surface area contributed by atoms with Crippen LogP contribution in [-0.4, -0.2) is 12.6 Å². The largest absolute Gasteiger partial charge is 0.490 e. The van der Waals surface area contributed by atoms with E-state index in [1.54, 1.807) is 6.07 Å². The number of hydrogen-bond donors (Lipinski definition) is 0. The molecule has 0 saturated heterocycles. The van der Waals surface area contributed by atoms with Gasteiger partial charge in [-0.25, -0.2) is 0 Å². The van der Waals surface area contributed by atoms with E-state index in [9.17, 15) is 9.18 Å². The molecule has 4 rings (SSSR count). The average molecular weight is 411 g/mol. The summed E-state index contributed by atoms with van der Waals surface area (Å²) in [6.07, 6.45) is 7.32. The van der Waals surface area contributed by atoms with Crippen molar-refractivity contribution in [2.75, 3.05) is 6.61 Å². The van der Waals surface area contributed by atoms with Crippen molar-refractivity contribution in [3.05, 3.63) is 58.9 Å². The average Bonchev–Trinajstić information content (AvgIpc) is 2.76. The minimum absolute atomic E-state index is 0.0261. The molecule has 1 aliphatic heterocycles. The van der Waals surface area contributed by atoms with E-state index in [-0.39, 0.29) is 11.5 Å². The van der Waals surface area contributed by atoms with Gasteiger partial charge in [0.2, 0.25) is 5.82 Å². The summed E-state index contributed by atoms with van der Waals surface area (Å²) in [6, 6.07) is 11.9. The Morgan fingerprint density at radius 1 is 1.03 bits per heavy atom. The minimum Gasteiger partial charge on any atom is -0.490 e. The summed E-state index contributed by atoms with van der Waals surface area (Å²) >= 11 is 0. The molecule has 2 aliphatic rings. The third-order valence-electron chi connectivity index (χ3n) is 6.64. The van der Waals surface area contributed by atoms with Gasteiger partial charge in [-0.15, -0.1) is 0 Å². The highest BCUT2D eigenvalue weighted by molar-refractivity contribution is 5.83. The SMILES string of the molecule is CCCCOc1ccc2c(c1F)OC(=O)C(c1ccc(C3CCC(C)CC3)cc1)C2. The first-order valence-electron chi connectivity index (χ1n) is 11.3. The molecule has 4 heteroatoms. The minimum atomic E-state index is -0.572. The van der Waals surface area contributed by atoms with Crippen molar-refractivity contribution in [2.45, 2.75) is 70.6 Å².